The third-order valence-electron chi connectivity index (χ3n) is 4.15. The first kappa shape index (κ1) is 20.6. The maximum Gasteiger partial charge on any atom is 0.271 e. The van der Waals surface area contributed by atoms with Gasteiger partial charge in [0.05, 0.1) is 5.69 Å². The molecule has 1 heterocycles. The van der Waals surface area contributed by atoms with Crippen LogP contribution in [0.15, 0.2) is 35.1 Å². The van der Waals surface area contributed by atoms with E-state index in [1.54, 1.807) is 6.92 Å². The highest BCUT2D eigenvalue weighted by molar-refractivity contribution is 5.80. The molecule has 7 heteroatoms. The van der Waals surface area contributed by atoms with E-state index in [2.05, 4.69) is 10.4 Å². The maximum absolute atomic E-state index is 12.2. The molecule has 0 saturated heterocycles. The summed E-state index contributed by atoms with van der Waals surface area (Å²) in [6.45, 7) is 9.33. The van der Waals surface area contributed by atoms with E-state index in [0.717, 1.165) is 17.5 Å². The Morgan fingerprint density at radius 3 is 2.70 bits per heavy atom. The van der Waals surface area contributed by atoms with Gasteiger partial charge in [-0.2, -0.15) is 4.68 Å². The van der Waals surface area contributed by atoms with E-state index < -0.39 is 6.10 Å². The summed E-state index contributed by atoms with van der Waals surface area (Å²) < 4.78 is 12.1. The van der Waals surface area contributed by atoms with Gasteiger partial charge in [0.1, 0.15) is 0 Å². The quantitative estimate of drug-likeness (QED) is 0.681. The molecule has 1 aromatic carbocycles. The number of aromatic nitrogens is 2. The first-order valence-electron chi connectivity index (χ1n) is 9.12. The van der Waals surface area contributed by atoms with E-state index in [1.807, 2.05) is 39.0 Å². The topological polar surface area (TPSA) is 82.5 Å². The molecule has 0 spiro atoms. The van der Waals surface area contributed by atoms with Crippen LogP contribution in [0, 0.1) is 13.8 Å². The fraction of sp³-hybridized carbons (Fsp3) is 0.450. The summed E-state index contributed by atoms with van der Waals surface area (Å²) in [7, 11) is 0. The minimum Gasteiger partial charge on any atom is -0.464 e. The Morgan fingerprint density at radius 1 is 1.22 bits per heavy atom. The number of hydrogen-bond donors (Lipinski definition) is 1. The molecule has 1 N–H and O–H groups in total. The van der Waals surface area contributed by atoms with Gasteiger partial charge in [-0.15, -0.1) is 5.10 Å². The molecular formula is C20H27N3O4. The molecule has 0 bridgehead atoms. The monoisotopic (exact) mass is 373 g/mol. The fourth-order valence-electron chi connectivity index (χ4n) is 2.41. The van der Waals surface area contributed by atoms with Crippen molar-refractivity contribution in [3.8, 4) is 11.6 Å². The van der Waals surface area contributed by atoms with E-state index in [4.69, 9.17) is 9.47 Å². The molecule has 146 valence electrons. The Bertz CT molecular complexity index is 832. The van der Waals surface area contributed by atoms with Crippen molar-refractivity contribution in [1.82, 2.24) is 15.1 Å². The molecule has 0 saturated carbocycles. The van der Waals surface area contributed by atoms with Crippen LogP contribution in [0.2, 0.25) is 0 Å². The SMILES string of the molecule is CCOCCCNC(=O)[C@@H](C)Oc1ccc(=O)n(-c2ccc(C)c(C)c2)n1. The van der Waals surface area contributed by atoms with Crippen LogP contribution >= 0.6 is 0 Å². The predicted molar refractivity (Wildman–Crippen MR) is 104 cm³/mol. The van der Waals surface area contributed by atoms with Gasteiger partial charge >= 0.3 is 0 Å². The van der Waals surface area contributed by atoms with Gasteiger partial charge in [-0.1, -0.05) is 6.07 Å². The molecule has 1 amide bonds. The molecule has 2 rings (SSSR count). The molecule has 0 fully saturated rings. The lowest BCUT2D eigenvalue weighted by atomic mass is 10.1. The normalized spacial score (nSPS) is 11.9. The van der Waals surface area contributed by atoms with Crippen molar-refractivity contribution in [2.75, 3.05) is 19.8 Å². The number of ether oxygens (including phenoxy) is 2. The van der Waals surface area contributed by atoms with Gasteiger partial charge in [0.25, 0.3) is 11.5 Å². The number of benzene rings is 1. The smallest absolute Gasteiger partial charge is 0.271 e. The molecule has 0 unspecified atom stereocenters. The van der Waals surface area contributed by atoms with Crippen LogP contribution in [0.5, 0.6) is 5.88 Å². The van der Waals surface area contributed by atoms with Gasteiger partial charge in [0, 0.05) is 31.9 Å². The second kappa shape index (κ2) is 9.87. The van der Waals surface area contributed by atoms with E-state index >= 15 is 0 Å². The van der Waals surface area contributed by atoms with Crippen LogP contribution in [0.1, 0.15) is 31.4 Å². The maximum atomic E-state index is 12.2. The van der Waals surface area contributed by atoms with Crippen LogP contribution in [-0.2, 0) is 9.53 Å². The van der Waals surface area contributed by atoms with Crippen LogP contribution in [0.4, 0.5) is 0 Å². The van der Waals surface area contributed by atoms with Crippen molar-refractivity contribution in [3.05, 3.63) is 51.8 Å². The number of nitrogens with zero attached hydrogens (tertiary/aromatic N) is 2. The number of aryl methyl sites for hydroxylation is 2. The second-order valence-electron chi connectivity index (χ2n) is 6.29. The van der Waals surface area contributed by atoms with Crippen molar-refractivity contribution in [2.45, 2.75) is 40.2 Å². The molecular weight excluding hydrogens is 346 g/mol. The summed E-state index contributed by atoms with van der Waals surface area (Å²) in [5.74, 6) is -0.0259. The summed E-state index contributed by atoms with van der Waals surface area (Å²) in [6.07, 6.45) is 0.0117. The van der Waals surface area contributed by atoms with Gasteiger partial charge in [-0.3, -0.25) is 9.59 Å². The zero-order chi connectivity index (χ0) is 19.8. The standard InChI is InChI=1S/C20H27N3O4/c1-5-26-12-6-11-21-20(25)16(4)27-18-9-10-19(24)23(22-18)17-8-7-14(2)15(3)13-17/h7-10,13,16H,5-6,11-12H2,1-4H3,(H,21,25)/t16-/m1/s1. The van der Waals surface area contributed by atoms with Crippen molar-refractivity contribution in [3.63, 3.8) is 0 Å². The van der Waals surface area contributed by atoms with Crippen molar-refractivity contribution in [1.29, 1.82) is 0 Å². The highest BCUT2D eigenvalue weighted by atomic mass is 16.5. The Hall–Kier alpha value is -2.67. The summed E-state index contributed by atoms with van der Waals surface area (Å²) in [5, 5.41) is 7.03. The highest BCUT2D eigenvalue weighted by Gasteiger charge is 2.15. The largest absolute Gasteiger partial charge is 0.464 e. The fourth-order valence-corrected chi connectivity index (χ4v) is 2.41. The van der Waals surface area contributed by atoms with E-state index in [0.29, 0.717) is 25.4 Å². The van der Waals surface area contributed by atoms with E-state index in [-0.39, 0.29) is 17.3 Å². The average Bonchev–Trinajstić information content (AvgIpc) is 2.65. The Morgan fingerprint density at radius 2 is 2.00 bits per heavy atom. The molecule has 0 aliphatic heterocycles. The molecule has 1 atom stereocenters. The Kier molecular flexibility index (Phi) is 7.55. The minimum absolute atomic E-state index is 0.213. The lowest BCUT2D eigenvalue weighted by molar-refractivity contribution is -0.127. The van der Waals surface area contributed by atoms with Crippen LogP contribution in [0.25, 0.3) is 5.69 Å². The average molecular weight is 373 g/mol. The Balaban J connectivity index is 2.03. The zero-order valence-electron chi connectivity index (χ0n) is 16.3. The number of carbonyl (C=O) groups excluding carboxylic acids is 1. The van der Waals surface area contributed by atoms with E-state index in [9.17, 15) is 9.59 Å². The number of nitrogens with one attached hydrogen (secondary N) is 1. The van der Waals surface area contributed by atoms with Gasteiger partial charge in [0.15, 0.2) is 6.10 Å². The van der Waals surface area contributed by atoms with Crippen LogP contribution in [0.3, 0.4) is 0 Å². The third-order valence-corrected chi connectivity index (χ3v) is 4.15. The Labute approximate surface area is 159 Å². The summed E-state index contributed by atoms with van der Waals surface area (Å²) in [6, 6.07) is 8.50. The van der Waals surface area contributed by atoms with Crippen molar-refractivity contribution < 1.29 is 14.3 Å². The van der Waals surface area contributed by atoms with Gasteiger partial charge in [-0.25, -0.2) is 0 Å². The second-order valence-corrected chi connectivity index (χ2v) is 6.29. The minimum atomic E-state index is -0.727. The molecule has 7 nitrogen and oxygen atoms in total. The third kappa shape index (κ3) is 5.92. The van der Waals surface area contributed by atoms with Crippen LogP contribution < -0.4 is 15.6 Å². The zero-order valence-corrected chi connectivity index (χ0v) is 16.3. The lowest BCUT2D eigenvalue weighted by Gasteiger charge is -2.15. The first-order valence-corrected chi connectivity index (χ1v) is 9.12. The molecule has 27 heavy (non-hydrogen) atoms. The summed E-state index contributed by atoms with van der Waals surface area (Å²) in [4.78, 5) is 24.3. The molecule has 0 radical (unpaired) electrons. The molecule has 2 aromatic rings. The number of rotatable bonds is 9. The van der Waals surface area contributed by atoms with Crippen LogP contribution in [-0.4, -0.2) is 41.6 Å². The van der Waals surface area contributed by atoms with Gasteiger partial charge in [-0.05, 0) is 57.4 Å². The predicted octanol–water partition coefficient (Wildman–Crippen LogP) is 2.16. The molecule has 1 aromatic heterocycles. The lowest BCUT2D eigenvalue weighted by Crippen LogP contribution is -2.37. The molecule has 0 aliphatic carbocycles. The first-order chi connectivity index (χ1) is 12.9. The highest BCUT2D eigenvalue weighted by Crippen LogP contribution is 2.13. The van der Waals surface area contributed by atoms with Gasteiger partial charge < -0.3 is 14.8 Å². The summed E-state index contributed by atoms with van der Waals surface area (Å²) >= 11 is 0. The van der Waals surface area contributed by atoms with E-state index in [1.165, 1.54) is 16.8 Å². The van der Waals surface area contributed by atoms with Crippen molar-refractivity contribution >= 4 is 5.91 Å². The number of carbonyl (C=O) groups is 1. The van der Waals surface area contributed by atoms with Gasteiger partial charge in [0.2, 0.25) is 5.88 Å². The number of amides is 1. The van der Waals surface area contributed by atoms with Crippen molar-refractivity contribution in [2.24, 2.45) is 0 Å². The summed E-state index contributed by atoms with van der Waals surface area (Å²) in [5.41, 5.74) is 2.58. The molecule has 0 aliphatic rings. The number of hydrogen-bond acceptors (Lipinski definition) is 5.